The van der Waals surface area contributed by atoms with Gasteiger partial charge in [-0.25, -0.2) is 17.9 Å². The van der Waals surface area contributed by atoms with Crippen LogP contribution in [0.25, 0.3) is 5.65 Å². The second-order valence-corrected chi connectivity index (χ2v) is 9.79. The summed E-state index contributed by atoms with van der Waals surface area (Å²) in [6.45, 7) is 4.10. The van der Waals surface area contributed by atoms with Crippen LogP contribution in [-0.2, 0) is 19.3 Å². The molecule has 0 amide bonds. The van der Waals surface area contributed by atoms with E-state index in [4.69, 9.17) is 9.72 Å². The Hall–Kier alpha value is -1.19. The number of fused-ring (bicyclic) bond motifs is 1. The van der Waals surface area contributed by atoms with Crippen LogP contribution < -0.4 is 4.90 Å². The lowest BCUT2D eigenvalue weighted by molar-refractivity contribution is 0.0985. The molecule has 9 heteroatoms. The molecule has 0 aromatic carbocycles. The normalized spacial score (nSPS) is 23.6. The maximum absolute atomic E-state index is 12.4. The zero-order valence-corrected chi connectivity index (χ0v) is 16.0. The van der Waals surface area contributed by atoms with Crippen molar-refractivity contribution in [2.45, 2.75) is 30.6 Å². The number of anilines is 1. The Bertz CT molecular complexity index is 907. The van der Waals surface area contributed by atoms with Gasteiger partial charge in [0.25, 0.3) is 0 Å². The molecule has 0 unspecified atom stereocenters. The van der Waals surface area contributed by atoms with E-state index in [1.165, 1.54) is 6.26 Å². The summed E-state index contributed by atoms with van der Waals surface area (Å²) >= 11 is 3.47. The highest BCUT2D eigenvalue weighted by molar-refractivity contribution is 9.10. The Morgan fingerprint density at radius 1 is 1.42 bits per heavy atom. The standard InChI is InChI=1S/C15H19BrN4O3S/c1-10-9-23-6-5-19(10)13-7-12(15(3-4-15)24(2,21)22)20-14(18-13)11(16)8-17-20/h7-8,10H,3-6,9H2,1-2H3/t10-/m0/s1. The van der Waals surface area contributed by atoms with Crippen molar-refractivity contribution in [2.75, 3.05) is 30.9 Å². The van der Waals surface area contributed by atoms with Crippen LogP contribution in [0.2, 0.25) is 0 Å². The summed E-state index contributed by atoms with van der Waals surface area (Å²) < 4.78 is 31.9. The molecule has 4 rings (SSSR count). The highest BCUT2D eigenvalue weighted by Gasteiger charge is 2.55. The minimum atomic E-state index is -3.23. The van der Waals surface area contributed by atoms with Gasteiger partial charge in [0.05, 0.1) is 35.6 Å². The maximum Gasteiger partial charge on any atom is 0.171 e. The third-order valence-electron chi connectivity index (χ3n) is 4.96. The van der Waals surface area contributed by atoms with Gasteiger partial charge in [-0.2, -0.15) is 5.10 Å². The first-order valence-electron chi connectivity index (χ1n) is 7.92. The Morgan fingerprint density at radius 2 is 2.17 bits per heavy atom. The molecule has 3 heterocycles. The molecule has 0 N–H and O–H groups in total. The second kappa shape index (κ2) is 5.40. The number of hydrogen-bond acceptors (Lipinski definition) is 6. The molecule has 2 aromatic rings. The summed E-state index contributed by atoms with van der Waals surface area (Å²) in [5.74, 6) is 0.782. The lowest BCUT2D eigenvalue weighted by Crippen LogP contribution is -2.44. The molecule has 1 saturated carbocycles. The van der Waals surface area contributed by atoms with Crippen molar-refractivity contribution in [3.05, 3.63) is 22.4 Å². The summed E-state index contributed by atoms with van der Waals surface area (Å²) in [7, 11) is -3.23. The Labute approximate surface area is 149 Å². The zero-order chi connectivity index (χ0) is 17.1. The van der Waals surface area contributed by atoms with E-state index in [2.05, 4.69) is 32.9 Å². The molecule has 0 bridgehead atoms. The lowest BCUT2D eigenvalue weighted by Gasteiger charge is -2.34. The third kappa shape index (κ3) is 2.36. The van der Waals surface area contributed by atoms with Crippen LogP contribution >= 0.6 is 15.9 Å². The van der Waals surface area contributed by atoms with E-state index in [-0.39, 0.29) is 6.04 Å². The van der Waals surface area contributed by atoms with Gasteiger partial charge in [0.1, 0.15) is 10.6 Å². The van der Waals surface area contributed by atoms with Crippen LogP contribution in [0.4, 0.5) is 5.82 Å². The molecule has 2 aromatic heterocycles. The molecule has 7 nitrogen and oxygen atoms in total. The average molecular weight is 415 g/mol. The summed E-state index contributed by atoms with van der Waals surface area (Å²) in [6.07, 6.45) is 4.22. The Balaban J connectivity index is 1.93. The highest BCUT2D eigenvalue weighted by atomic mass is 79.9. The van der Waals surface area contributed by atoms with Crippen LogP contribution in [0.3, 0.4) is 0 Å². The van der Waals surface area contributed by atoms with Gasteiger partial charge in [0.15, 0.2) is 15.5 Å². The van der Waals surface area contributed by atoms with Crippen molar-refractivity contribution in [1.29, 1.82) is 0 Å². The van der Waals surface area contributed by atoms with Gasteiger partial charge >= 0.3 is 0 Å². The van der Waals surface area contributed by atoms with Crippen molar-refractivity contribution >= 4 is 37.2 Å². The number of sulfone groups is 1. The summed E-state index contributed by atoms with van der Waals surface area (Å²) in [6, 6.07) is 2.08. The molecular formula is C15H19BrN4O3S. The SMILES string of the molecule is C[C@H]1COCCN1c1cc(C2(S(C)(=O)=O)CC2)n2ncc(Br)c2n1. The number of halogens is 1. The van der Waals surface area contributed by atoms with Crippen LogP contribution in [0.1, 0.15) is 25.5 Å². The number of hydrogen-bond donors (Lipinski definition) is 0. The first kappa shape index (κ1) is 16.3. The van der Waals surface area contributed by atoms with Gasteiger partial charge in [-0.15, -0.1) is 0 Å². The van der Waals surface area contributed by atoms with E-state index in [0.717, 1.165) is 16.8 Å². The summed E-state index contributed by atoms with van der Waals surface area (Å²) in [5, 5.41) is 4.34. The van der Waals surface area contributed by atoms with Crippen molar-refractivity contribution in [3.8, 4) is 0 Å². The molecule has 24 heavy (non-hydrogen) atoms. The largest absolute Gasteiger partial charge is 0.377 e. The van der Waals surface area contributed by atoms with Crippen molar-refractivity contribution in [2.24, 2.45) is 0 Å². The zero-order valence-electron chi connectivity index (χ0n) is 13.6. The van der Waals surface area contributed by atoms with E-state index in [9.17, 15) is 8.42 Å². The Morgan fingerprint density at radius 3 is 2.79 bits per heavy atom. The van der Waals surface area contributed by atoms with Crippen LogP contribution in [0, 0.1) is 0 Å². The predicted octanol–water partition coefficient (Wildman–Crippen LogP) is 1.75. The molecule has 2 aliphatic rings. The average Bonchev–Trinajstić information content (AvgIpc) is 3.27. The van der Waals surface area contributed by atoms with Gasteiger partial charge in [-0.3, -0.25) is 0 Å². The topological polar surface area (TPSA) is 76.8 Å². The van der Waals surface area contributed by atoms with Gasteiger partial charge in [0, 0.05) is 18.9 Å². The van der Waals surface area contributed by atoms with Gasteiger partial charge < -0.3 is 9.64 Å². The smallest absolute Gasteiger partial charge is 0.171 e. The van der Waals surface area contributed by atoms with E-state index < -0.39 is 14.6 Å². The van der Waals surface area contributed by atoms with Crippen molar-refractivity contribution in [1.82, 2.24) is 14.6 Å². The molecule has 130 valence electrons. The number of morpholine rings is 1. The fraction of sp³-hybridized carbons (Fsp3) is 0.600. The maximum atomic E-state index is 12.4. The first-order chi connectivity index (χ1) is 11.3. The predicted molar refractivity (Wildman–Crippen MR) is 94.1 cm³/mol. The molecule has 2 fully saturated rings. The third-order valence-corrected chi connectivity index (χ3v) is 7.55. The lowest BCUT2D eigenvalue weighted by atomic mass is 10.2. The highest BCUT2D eigenvalue weighted by Crippen LogP contribution is 2.52. The van der Waals surface area contributed by atoms with Crippen LogP contribution in [0.15, 0.2) is 16.7 Å². The van der Waals surface area contributed by atoms with Gasteiger partial charge in [-0.05, 0) is 35.7 Å². The quantitative estimate of drug-likeness (QED) is 0.761. The number of aromatic nitrogens is 3. The molecule has 1 atom stereocenters. The monoisotopic (exact) mass is 414 g/mol. The molecule has 1 saturated heterocycles. The molecule has 1 aliphatic carbocycles. The van der Waals surface area contributed by atoms with Gasteiger partial charge in [0.2, 0.25) is 0 Å². The van der Waals surface area contributed by atoms with Crippen LogP contribution in [-0.4, -0.2) is 55.1 Å². The van der Waals surface area contributed by atoms with Gasteiger partial charge in [-0.1, -0.05) is 0 Å². The number of ether oxygens (including phenoxy) is 1. The number of rotatable bonds is 3. The van der Waals surface area contributed by atoms with E-state index in [1.54, 1.807) is 10.7 Å². The minimum absolute atomic E-state index is 0.191. The Kier molecular flexibility index (Phi) is 3.67. The van der Waals surface area contributed by atoms with E-state index in [0.29, 0.717) is 37.4 Å². The second-order valence-electron chi connectivity index (χ2n) is 6.61. The van der Waals surface area contributed by atoms with Crippen LogP contribution in [0.5, 0.6) is 0 Å². The van der Waals surface area contributed by atoms with E-state index >= 15 is 0 Å². The van der Waals surface area contributed by atoms with Crippen molar-refractivity contribution in [3.63, 3.8) is 0 Å². The fourth-order valence-electron chi connectivity index (χ4n) is 3.39. The van der Waals surface area contributed by atoms with Crippen molar-refractivity contribution < 1.29 is 13.2 Å². The first-order valence-corrected chi connectivity index (χ1v) is 10.6. The molecular weight excluding hydrogens is 396 g/mol. The number of nitrogens with zero attached hydrogens (tertiary/aromatic N) is 4. The fourth-order valence-corrected chi connectivity index (χ4v) is 5.11. The molecule has 1 aliphatic heterocycles. The van der Waals surface area contributed by atoms with E-state index in [1.807, 2.05) is 6.07 Å². The molecule has 0 radical (unpaired) electrons. The molecule has 0 spiro atoms. The minimum Gasteiger partial charge on any atom is -0.377 e. The summed E-state index contributed by atoms with van der Waals surface area (Å²) in [4.78, 5) is 6.89. The summed E-state index contributed by atoms with van der Waals surface area (Å²) in [5.41, 5.74) is 1.35.